The summed E-state index contributed by atoms with van der Waals surface area (Å²) in [7, 11) is 5.23. The van der Waals surface area contributed by atoms with Crippen LogP contribution in [0, 0.1) is 0 Å². The molecule has 0 unspecified atom stereocenters. The molecule has 124 valence electrons. The number of aryl methyl sites for hydroxylation is 1. The Kier molecular flexibility index (Phi) is 4.33. The lowest BCUT2D eigenvalue weighted by atomic mass is 10.1. The second-order valence-electron chi connectivity index (χ2n) is 5.58. The van der Waals surface area contributed by atoms with E-state index in [1.807, 2.05) is 37.5 Å². The standard InChI is InChI=1S/C17H19N5O2/c1-21(10-12-9-18-22(2)11-12)17(23)16-8-15(19-20-16)13-4-6-14(24-3)7-5-13/h4-9,11H,10H2,1-3H3,(H,19,20). The van der Waals surface area contributed by atoms with Crippen LogP contribution in [-0.2, 0) is 13.6 Å². The van der Waals surface area contributed by atoms with E-state index in [-0.39, 0.29) is 5.91 Å². The fraction of sp³-hybridized carbons (Fsp3) is 0.235. The van der Waals surface area contributed by atoms with Gasteiger partial charge in [0, 0.05) is 38.0 Å². The van der Waals surface area contributed by atoms with Gasteiger partial charge >= 0.3 is 0 Å². The Morgan fingerprint density at radius 1 is 1.33 bits per heavy atom. The van der Waals surface area contributed by atoms with Crippen LogP contribution in [-0.4, -0.2) is 44.9 Å². The van der Waals surface area contributed by atoms with Crippen molar-refractivity contribution in [1.29, 1.82) is 0 Å². The number of carbonyl (C=O) groups excluding carboxylic acids is 1. The van der Waals surface area contributed by atoms with Crippen LogP contribution in [0.25, 0.3) is 11.3 Å². The lowest BCUT2D eigenvalue weighted by Gasteiger charge is -2.14. The molecular formula is C17H19N5O2. The first-order valence-electron chi connectivity index (χ1n) is 7.49. The summed E-state index contributed by atoms with van der Waals surface area (Å²) in [5, 5.41) is 11.1. The van der Waals surface area contributed by atoms with Crippen LogP contribution in [0.2, 0.25) is 0 Å². The van der Waals surface area contributed by atoms with Crippen LogP contribution >= 0.6 is 0 Å². The summed E-state index contributed by atoms with van der Waals surface area (Å²) in [4.78, 5) is 14.1. The lowest BCUT2D eigenvalue weighted by molar-refractivity contribution is 0.0779. The first-order valence-corrected chi connectivity index (χ1v) is 7.49. The normalized spacial score (nSPS) is 10.6. The molecule has 1 N–H and O–H groups in total. The van der Waals surface area contributed by atoms with Gasteiger partial charge in [0.05, 0.1) is 19.0 Å². The number of ether oxygens (including phenoxy) is 1. The topological polar surface area (TPSA) is 76.0 Å². The second-order valence-corrected chi connectivity index (χ2v) is 5.58. The van der Waals surface area contributed by atoms with Crippen LogP contribution in [0.5, 0.6) is 5.75 Å². The summed E-state index contributed by atoms with van der Waals surface area (Å²) in [5.41, 5.74) is 3.06. The molecular weight excluding hydrogens is 306 g/mol. The van der Waals surface area contributed by atoms with Crippen molar-refractivity contribution in [2.75, 3.05) is 14.2 Å². The summed E-state index contributed by atoms with van der Waals surface area (Å²) in [6.07, 6.45) is 3.64. The van der Waals surface area contributed by atoms with E-state index in [0.717, 1.165) is 22.6 Å². The number of nitrogens with one attached hydrogen (secondary N) is 1. The number of benzene rings is 1. The zero-order valence-corrected chi connectivity index (χ0v) is 13.9. The fourth-order valence-corrected chi connectivity index (χ4v) is 2.45. The predicted octanol–water partition coefficient (Wildman–Crippen LogP) is 2.09. The van der Waals surface area contributed by atoms with Crippen LogP contribution in [0.1, 0.15) is 16.1 Å². The average Bonchev–Trinajstić information content (AvgIpc) is 3.23. The van der Waals surface area contributed by atoms with Crippen molar-refractivity contribution < 1.29 is 9.53 Å². The Hall–Kier alpha value is -3.09. The molecule has 0 atom stereocenters. The highest BCUT2D eigenvalue weighted by Crippen LogP contribution is 2.21. The molecule has 0 saturated carbocycles. The molecule has 0 fully saturated rings. The number of aromatic nitrogens is 4. The molecule has 7 heteroatoms. The number of aromatic amines is 1. The summed E-state index contributed by atoms with van der Waals surface area (Å²) >= 11 is 0. The Morgan fingerprint density at radius 2 is 2.08 bits per heavy atom. The van der Waals surface area contributed by atoms with E-state index < -0.39 is 0 Å². The Bertz CT molecular complexity index is 835. The number of hydrogen-bond acceptors (Lipinski definition) is 4. The highest BCUT2D eigenvalue weighted by molar-refractivity contribution is 5.93. The average molecular weight is 325 g/mol. The van der Waals surface area contributed by atoms with E-state index in [0.29, 0.717) is 12.2 Å². The summed E-state index contributed by atoms with van der Waals surface area (Å²) in [6.45, 7) is 0.490. The predicted molar refractivity (Wildman–Crippen MR) is 89.6 cm³/mol. The Balaban J connectivity index is 1.72. The van der Waals surface area contributed by atoms with Gasteiger partial charge in [0.25, 0.3) is 5.91 Å². The van der Waals surface area contributed by atoms with Crippen molar-refractivity contribution in [3.8, 4) is 17.0 Å². The van der Waals surface area contributed by atoms with Crippen molar-refractivity contribution in [3.05, 3.63) is 54.0 Å². The number of nitrogens with zero attached hydrogens (tertiary/aromatic N) is 4. The van der Waals surface area contributed by atoms with E-state index in [9.17, 15) is 4.79 Å². The maximum atomic E-state index is 12.5. The van der Waals surface area contributed by atoms with E-state index >= 15 is 0 Å². The summed E-state index contributed by atoms with van der Waals surface area (Å²) in [6, 6.07) is 9.29. The molecule has 0 spiro atoms. The van der Waals surface area contributed by atoms with Crippen molar-refractivity contribution in [3.63, 3.8) is 0 Å². The van der Waals surface area contributed by atoms with Crippen LogP contribution in [0.3, 0.4) is 0 Å². The van der Waals surface area contributed by atoms with Gasteiger partial charge in [0.15, 0.2) is 0 Å². The molecule has 0 radical (unpaired) electrons. The van der Waals surface area contributed by atoms with Gasteiger partial charge in [-0.25, -0.2) is 0 Å². The number of H-pyrrole nitrogens is 1. The highest BCUT2D eigenvalue weighted by Gasteiger charge is 2.16. The minimum absolute atomic E-state index is 0.119. The van der Waals surface area contributed by atoms with E-state index in [2.05, 4.69) is 15.3 Å². The molecule has 7 nitrogen and oxygen atoms in total. The first-order chi connectivity index (χ1) is 11.6. The number of amides is 1. The monoisotopic (exact) mass is 325 g/mol. The third-order valence-electron chi connectivity index (χ3n) is 3.72. The molecule has 0 bridgehead atoms. The van der Waals surface area contributed by atoms with Gasteiger partial charge in [0.2, 0.25) is 0 Å². The smallest absolute Gasteiger partial charge is 0.271 e. The minimum atomic E-state index is -0.119. The zero-order valence-electron chi connectivity index (χ0n) is 13.9. The molecule has 0 saturated heterocycles. The van der Waals surface area contributed by atoms with Gasteiger partial charge in [-0.15, -0.1) is 0 Å². The highest BCUT2D eigenvalue weighted by atomic mass is 16.5. The fourth-order valence-electron chi connectivity index (χ4n) is 2.45. The van der Waals surface area contributed by atoms with Gasteiger partial charge < -0.3 is 9.64 Å². The molecule has 3 rings (SSSR count). The largest absolute Gasteiger partial charge is 0.497 e. The zero-order chi connectivity index (χ0) is 17.1. The van der Waals surface area contributed by atoms with Gasteiger partial charge in [-0.3, -0.25) is 14.6 Å². The Morgan fingerprint density at radius 3 is 2.71 bits per heavy atom. The van der Waals surface area contributed by atoms with Crippen molar-refractivity contribution in [2.45, 2.75) is 6.54 Å². The van der Waals surface area contributed by atoms with Crippen molar-refractivity contribution >= 4 is 5.91 Å². The second kappa shape index (κ2) is 6.57. The third kappa shape index (κ3) is 3.29. The molecule has 0 aliphatic carbocycles. The van der Waals surface area contributed by atoms with Gasteiger partial charge in [0.1, 0.15) is 11.4 Å². The number of methoxy groups -OCH3 is 1. The molecule has 2 heterocycles. The molecule has 2 aromatic heterocycles. The van der Waals surface area contributed by atoms with Gasteiger partial charge in [-0.2, -0.15) is 10.2 Å². The molecule has 1 amide bonds. The van der Waals surface area contributed by atoms with Crippen LogP contribution < -0.4 is 4.74 Å². The van der Waals surface area contributed by atoms with Crippen molar-refractivity contribution in [1.82, 2.24) is 24.9 Å². The van der Waals surface area contributed by atoms with Crippen molar-refractivity contribution in [2.24, 2.45) is 7.05 Å². The molecule has 3 aromatic rings. The first kappa shape index (κ1) is 15.8. The Labute approximate surface area is 139 Å². The lowest BCUT2D eigenvalue weighted by Crippen LogP contribution is -2.26. The minimum Gasteiger partial charge on any atom is -0.497 e. The summed E-state index contributed by atoms with van der Waals surface area (Å²) in [5.74, 6) is 0.660. The molecule has 1 aromatic carbocycles. The van der Waals surface area contributed by atoms with Gasteiger partial charge in [-0.1, -0.05) is 0 Å². The quantitative estimate of drug-likeness (QED) is 0.779. The van der Waals surface area contributed by atoms with Gasteiger partial charge in [-0.05, 0) is 30.3 Å². The summed E-state index contributed by atoms with van der Waals surface area (Å²) < 4.78 is 6.86. The van der Waals surface area contributed by atoms with Crippen LogP contribution in [0.15, 0.2) is 42.7 Å². The molecule has 0 aliphatic rings. The third-order valence-corrected chi connectivity index (χ3v) is 3.72. The van der Waals surface area contributed by atoms with Crippen LogP contribution in [0.4, 0.5) is 0 Å². The SMILES string of the molecule is COc1ccc(-c2cc(C(=O)N(C)Cc3cnn(C)c3)[nH]n2)cc1. The molecule has 0 aliphatic heterocycles. The van der Waals surface area contributed by atoms with E-state index in [1.165, 1.54) is 0 Å². The van der Waals surface area contributed by atoms with E-state index in [4.69, 9.17) is 4.74 Å². The van der Waals surface area contributed by atoms with E-state index in [1.54, 1.807) is 36.0 Å². The molecule has 24 heavy (non-hydrogen) atoms. The number of carbonyl (C=O) groups is 1. The maximum absolute atomic E-state index is 12.5. The maximum Gasteiger partial charge on any atom is 0.271 e. The number of hydrogen-bond donors (Lipinski definition) is 1. The number of rotatable bonds is 5.